The lowest BCUT2D eigenvalue weighted by Gasteiger charge is -2.19. The highest BCUT2D eigenvalue weighted by atomic mass is 16.7. The summed E-state index contributed by atoms with van der Waals surface area (Å²) in [6.45, 7) is 4.51. The molecule has 1 heterocycles. The molecule has 1 saturated heterocycles. The van der Waals surface area contributed by atoms with Gasteiger partial charge in [-0.2, -0.15) is 0 Å². The van der Waals surface area contributed by atoms with E-state index in [0.717, 1.165) is 6.42 Å². The normalized spacial score (nSPS) is 19.1. The third-order valence-corrected chi connectivity index (χ3v) is 2.66. The molecule has 1 aromatic carbocycles. The molecule has 0 unspecified atom stereocenters. The highest BCUT2D eigenvalue weighted by Gasteiger charge is 2.36. The van der Waals surface area contributed by atoms with Crippen molar-refractivity contribution >= 4 is 5.91 Å². The molecule has 0 saturated carbocycles. The predicted molar refractivity (Wildman–Crippen MR) is 61.6 cm³/mol. The van der Waals surface area contributed by atoms with Gasteiger partial charge in [0.1, 0.15) is 0 Å². The van der Waals surface area contributed by atoms with Crippen LogP contribution in [0.4, 0.5) is 0 Å². The first-order valence-electron chi connectivity index (χ1n) is 5.60. The molecule has 0 aromatic heterocycles. The summed E-state index contributed by atoms with van der Waals surface area (Å²) in [6.07, 6.45) is 1.31. The molecule has 3 heteroatoms. The van der Waals surface area contributed by atoms with E-state index in [9.17, 15) is 4.79 Å². The van der Waals surface area contributed by atoms with Crippen LogP contribution in [-0.4, -0.2) is 23.1 Å². The van der Waals surface area contributed by atoms with Gasteiger partial charge in [0.25, 0.3) is 0 Å². The van der Waals surface area contributed by atoms with Crippen LogP contribution in [0.15, 0.2) is 30.3 Å². The fraction of sp³-hybridized carbons (Fsp3) is 0.462. The summed E-state index contributed by atoms with van der Waals surface area (Å²) in [5.74, 6) is 0.0842. The minimum atomic E-state index is -0.340. The summed E-state index contributed by atoms with van der Waals surface area (Å²) < 4.78 is 0. The lowest BCUT2D eigenvalue weighted by Crippen LogP contribution is -2.28. The second-order valence-electron chi connectivity index (χ2n) is 4.76. The van der Waals surface area contributed by atoms with E-state index in [1.165, 1.54) is 10.6 Å². The topological polar surface area (TPSA) is 29.5 Å². The van der Waals surface area contributed by atoms with Crippen LogP contribution < -0.4 is 0 Å². The smallest absolute Gasteiger partial charge is 0.249 e. The predicted octanol–water partition coefficient (Wildman–Crippen LogP) is 2.17. The maximum absolute atomic E-state index is 11.6. The first-order chi connectivity index (χ1) is 7.57. The van der Waals surface area contributed by atoms with E-state index < -0.39 is 0 Å². The van der Waals surface area contributed by atoms with Gasteiger partial charge in [-0.1, -0.05) is 30.3 Å². The van der Waals surface area contributed by atoms with Crippen LogP contribution >= 0.6 is 0 Å². The Kier molecular flexibility index (Phi) is 2.97. The van der Waals surface area contributed by atoms with E-state index >= 15 is 0 Å². The Morgan fingerprint density at radius 3 is 2.56 bits per heavy atom. The Morgan fingerprint density at radius 1 is 1.31 bits per heavy atom. The number of carbonyl (C=O) groups excluding carboxylic acids is 1. The van der Waals surface area contributed by atoms with E-state index in [1.54, 1.807) is 0 Å². The number of benzene rings is 1. The van der Waals surface area contributed by atoms with Crippen molar-refractivity contribution in [2.24, 2.45) is 0 Å². The standard InChI is InChI=1S/C13H17NO2/c1-13(2)10-12(15)14(16-13)9-8-11-6-4-3-5-7-11/h3-7H,8-10H2,1-2H3. The molecular formula is C13H17NO2. The second kappa shape index (κ2) is 4.26. The van der Waals surface area contributed by atoms with Gasteiger partial charge in [-0.25, -0.2) is 5.06 Å². The molecule has 1 amide bonds. The van der Waals surface area contributed by atoms with Crippen molar-refractivity contribution in [1.82, 2.24) is 5.06 Å². The molecule has 0 radical (unpaired) electrons. The molecule has 2 rings (SSSR count). The molecule has 1 aliphatic rings. The van der Waals surface area contributed by atoms with Gasteiger partial charge in [-0.05, 0) is 25.8 Å². The Labute approximate surface area is 96.0 Å². The Bertz CT molecular complexity index is 373. The molecule has 0 atom stereocenters. The zero-order chi connectivity index (χ0) is 11.6. The van der Waals surface area contributed by atoms with Gasteiger partial charge >= 0.3 is 0 Å². The van der Waals surface area contributed by atoms with Gasteiger partial charge in [0.05, 0.1) is 18.6 Å². The number of hydroxylamine groups is 2. The fourth-order valence-electron chi connectivity index (χ4n) is 1.88. The number of nitrogens with zero attached hydrogens (tertiary/aromatic N) is 1. The minimum absolute atomic E-state index is 0.0842. The van der Waals surface area contributed by atoms with Crippen molar-refractivity contribution in [3.63, 3.8) is 0 Å². The number of carbonyl (C=O) groups is 1. The molecule has 3 nitrogen and oxygen atoms in total. The summed E-state index contributed by atoms with van der Waals surface area (Å²) >= 11 is 0. The van der Waals surface area contributed by atoms with Crippen LogP contribution in [0, 0.1) is 0 Å². The molecule has 0 aliphatic carbocycles. The van der Waals surface area contributed by atoms with Gasteiger partial charge in [-0.15, -0.1) is 0 Å². The molecule has 1 fully saturated rings. The van der Waals surface area contributed by atoms with Gasteiger partial charge in [-0.3, -0.25) is 9.63 Å². The monoisotopic (exact) mass is 219 g/mol. The van der Waals surface area contributed by atoms with Crippen molar-refractivity contribution < 1.29 is 9.63 Å². The van der Waals surface area contributed by atoms with E-state index in [-0.39, 0.29) is 11.5 Å². The summed E-state index contributed by atoms with van der Waals surface area (Å²) in [4.78, 5) is 17.2. The number of rotatable bonds is 3. The third-order valence-electron chi connectivity index (χ3n) is 2.66. The van der Waals surface area contributed by atoms with Crippen molar-refractivity contribution in [2.75, 3.05) is 6.54 Å². The quantitative estimate of drug-likeness (QED) is 0.779. The largest absolute Gasteiger partial charge is 0.272 e. The van der Waals surface area contributed by atoms with Crippen LogP contribution in [-0.2, 0) is 16.1 Å². The molecule has 16 heavy (non-hydrogen) atoms. The van der Waals surface area contributed by atoms with Crippen LogP contribution in [0.1, 0.15) is 25.8 Å². The zero-order valence-corrected chi connectivity index (χ0v) is 9.77. The zero-order valence-electron chi connectivity index (χ0n) is 9.77. The average Bonchev–Trinajstić information content (AvgIpc) is 2.50. The molecule has 0 bridgehead atoms. The maximum Gasteiger partial charge on any atom is 0.249 e. The Balaban J connectivity index is 1.90. The lowest BCUT2D eigenvalue weighted by molar-refractivity contribution is -0.190. The SMILES string of the molecule is CC1(C)CC(=O)N(CCc2ccccc2)O1. The number of hydrogen-bond donors (Lipinski definition) is 0. The summed E-state index contributed by atoms with van der Waals surface area (Å²) in [6, 6.07) is 10.1. The van der Waals surface area contributed by atoms with Gasteiger partial charge < -0.3 is 0 Å². The number of hydrogen-bond acceptors (Lipinski definition) is 2. The summed E-state index contributed by atoms with van der Waals surface area (Å²) in [5.41, 5.74) is 0.886. The van der Waals surface area contributed by atoms with Crippen LogP contribution in [0.2, 0.25) is 0 Å². The fourth-order valence-corrected chi connectivity index (χ4v) is 1.88. The molecule has 1 aromatic rings. The van der Waals surface area contributed by atoms with Gasteiger partial charge in [0.15, 0.2) is 0 Å². The molecule has 0 N–H and O–H groups in total. The Morgan fingerprint density at radius 2 is 2.00 bits per heavy atom. The molecular weight excluding hydrogens is 202 g/mol. The van der Waals surface area contributed by atoms with Gasteiger partial charge in [0, 0.05) is 0 Å². The minimum Gasteiger partial charge on any atom is -0.272 e. The molecule has 86 valence electrons. The highest BCUT2D eigenvalue weighted by Crippen LogP contribution is 2.25. The van der Waals surface area contributed by atoms with E-state index in [0.29, 0.717) is 13.0 Å². The van der Waals surface area contributed by atoms with Crippen molar-refractivity contribution in [3.8, 4) is 0 Å². The van der Waals surface area contributed by atoms with Crippen molar-refractivity contribution in [3.05, 3.63) is 35.9 Å². The summed E-state index contributed by atoms with van der Waals surface area (Å²) in [7, 11) is 0. The van der Waals surface area contributed by atoms with Gasteiger partial charge in [0.2, 0.25) is 5.91 Å². The van der Waals surface area contributed by atoms with E-state index in [1.807, 2.05) is 32.0 Å². The van der Waals surface area contributed by atoms with Crippen LogP contribution in [0.5, 0.6) is 0 Å². The third kappa shape index (κ3) is 2.61. The number of amides is 1. The van der Waals surface area contributed by atoms with Crippen LogP contribution in [0.3, 0.4) is 0 Å². The van der Waals surface area contributed by atoms with Crippen molar-refractivity contribution in [1.29, 1.82) is 0 Å². The Hall–Kier alpha value is -1.35. The summed E-state index contributed by atoms with van der Waals surface area (Å²) in [5, 5.41) is 1.49. The highest BCUT2D eigenvalue weighted by molar-refractivity contribution is 5.77. The first kappa shape index (κ1) is 11.1. The second-order valence-corrected chi connectivity index (χ2v) is 4.76. The lowest BCUT2D eigenvalue weighted by atomic mass is 10.1. The molecule has 0 spiro atoms. The first-order valence-corrected chi connectivity index (χ1v) is 5.60. The van der Waals surface area contributed by atoms with E-state index in [4.69, 9.17) is 4.84 Å². The average molecular weight is 219 g/mol. The maximum atomic E-state index is 11.6. The van der Waals surface area contributed by atoms with E-state index in [2.05, 4.69) is 12.1 Å². The molecule has 1 aliphatic heterocycles. The van der Waals surface area contributed by atoms with Crippen molar-refractivity contribution in [2.45, 2.75) is 32.3 Å². The van der Waals surface area contributed by atoms with Crippen LogP contribution in [0.25, 0.3) is 0 Å².